The maximum Gasteiger partial charge on any atom is 0.185 e. The molecule has 0 unspecified atom stereocenters. The van der Waals surface area contributed by atoms with Gasteiger partial charge in [-0.3, -0.25) is 4.79 Å². The Kier molecular flexibility index (Phi) is 1.26. The molecule has 0 fully saturated rings. The molecule has 1 aromatic heterocycles. The Balaban J connectivity index is 3.18. The fourth-order valence-electron chi connectivity index (χ4n) is 0.562. The monoisotopic (exact) mass is 125 g/mol. The molecule has 0 aliphatic heterocycles. The van der Waals surface area contributed by atoms with E-state index in [1.165, 1.54) is 6.26 Å². The zero-order valence-electron chi connectivity index (χ0n) is 5.05. The third-order valence-electron chi connectivity index (χ3n) is 1.22. The van der Waals surface area contributed by atoms with Crippen LogP contribution in [0.15, 0.2) is 10.7 Å². The number of anilines is 1. The number of hydrogen-bond acceptors (Lipinski definition) is 3. The van der Waals surface area contributed by atoms with Crippen molar-refractivity contribution in [2.75, 3.05) is 5.73 Å². The molecule has 0 spiro atoms. The second kappa shape index (κ2) is 1.93. The molecule has 0 saturated heterocycles. The first kappa shape index (κ1) is 5.88. The van der Waals surface area contributed by atoms with E-state index in [1.54, 1.807) is 6.92 Å². The molecule has 1 rings (SSSR count). The Bertz CT molecular complexity index is 227. The van der Waals surface area contributed by atoms with Crippen LogP contribution in [-0.4, -0.2) is 6.29 Å². The van der Waals surface area contributed by atoms with Crippen LogP contribution in [0.5, 0.6) is 0 Å². The standard InChI is InChI=1S/C6H7NO2/c1-4-5(7)3-9-6(4)2-8/h2-3H,7H2,1H3. The summed E-state index contributed by atoms with van der Waals surface area (Å²) < 4.78 is 4.75. The molecule has 1 heterocycles. The molecule has 0 saturated carbocycles. The van der Waals surface area contributed by atoms with E-state index in [-0.39, 0.29) is 0 Å². The van der Waals surface area contributed by atoms with Crippen LogP contribution in [0.2, 0.25) is 0 Å². The van der Waals surface area contributed by atoms with E-state index in [0.29, 0.717) is 23.3 Å². The molecule has 3 heteroatoms. The van der Waals surface area contributed by atoms with Crippen molar-refractivity contribution in [1.29, 1.82) is 0 Å². The Labute approximate surface area is 52.5 Å². The highest BCUT2D eigenvalue weighted by atomic mass is 16.3. The lowest BCUT2D eigenvalue weighted by atomic mass is 10.3. The van der Waals surface area contributed by atoms with Crippen LogP contribution >= 0.6 is 0 Å². The van der Waals surface area contributed by atoms with Gasteiger partial charge < -0.3 is 10.2 Å². The van der Waals surface area contributed by atoms with E-state index in [9.17, 15) is 4.79 Å². The number of aldehydes is 1. The molecule has 0 aliphatic carbocycles. The average Bonchev–Trinajstić information content (AvgIpc) is 2.15. The van der Waals surface area contributed by atoms with Gasteiger partial charge in [0.05, 0.1) is 5.69 Å². The number of nitrogen functional groups attached to an aromatic ring is 1. The van der Waals surface area contributed by atoms with Gasteiger partial charge in [-0.2, -0.15) is 0 Å². The number of nitrogens with two attached hydrogens (primary N) is 1. The Morgan fingerprint density at radius 1 is 1.78 bits per heavy atom. The summed E-state index contributed by atoms with van der Waals surface area (Å²) in [5, 5.41) is 0. The largest absolute Gasteiger partial charge is 0.459 e. The quantitative estimate of drug-likeness (QED) is 0.569. The van der Waals surface area contributed by atoms with Gasteiger partial charge in [0.25, 0.3) is 0 Å². The van der Waals surface area contributed by atoms with E-state index in [4.69, 9.17) is 10.2 Å². The van der Waals surface area contributed by atoms with Crippen LogP contribution < -0.4 is 5.73 Å². The first-order chi connectivity index (χ1) is 4.25. The maximum absolute atomic E-state index is 10.1. The van der Waals surface area contributed by atoms with E-state index in [1.807, 2.05) is 0 Å². The van der Waals surface area contributed by atoms with Crippen LogP contribution in [0.3, 0.4) is 0 Å². The molecular formula is C6H7NO2. The predicted molar refractivity (Wildman–Crippen MR) is 33.2 cm³/mol. The van der Waals surface area contributed by atoms with Crippen molar-refractivity contribution >= 4 is 12.0 Å². The lowest BCUT2D eigenvalue weighted by molar-refractivity contribution is 0.110. The van der Waals surface area contributed by atoms with Crippen molar-refractivity contribution in [2.24, 2.45) is 0 Å². The maximum atomic E-state index is 10.1. The van der Waals surface area contributed by atoms with Crippen molar-refractivity contribution in [3.8, 4) is 0 Å². The highest BCUT2D eigenvalue weighted by Gasteiger charge is 2.03. The van der Waals surface area contributed by atoms with Crippen molar-refractivity contribution in [1.82, 2.24) is 0 Å². The molecule has 0 aliphatic rings. The summed E-state index contributed by atoms with van der Waals surface area (Å²) in [6, 6.07) is 0. The second-order valence-electron chi connectivity index (χ2n) is 1.80. The van der Waals surface area contributed by atoms with E-state index in [0.717, 1.165) is 0 Å². The highest BCUT2D eigenvalue weighted by Crippen LogP contribution is 2.15. The number of carbonyl (C=O) groups excluding carboxylic acids is 1. The van der Waals surface area contributed by atoms with Gasteiger partial charge >= 0.3 is 0 Å². The van der Waals surface area contributed by atoms with Gasteiger partial charge in [0.2, 0.25) is 0 Å². The van der Waals surface area contributed by atoms with Crippen LogP contribution in [0.25, 0.3) is 0 Å². The summed E-state index contributed by atoms with van der Waals surface area (Å²) in [6.45, 7) is 1.74. The van der Waals surface area contributed by atoms with Crippen molar-refractivity contribution < 1.29 is 9.21 Å². The third kappa shape index (κ3) is 0.806. The normalized spacial score (nSPS) is 9.44. The fourth-order valence-corrected chi connectivity index (χ4v) is 0.562. The first-order valence-electron chi connectivity index (χ1n) is 2.54. The molecule has 0 atom stereocenters. The smallest absolute Gasteiger partial charge is 0.185 e. The SMILES string of the molecule is Cc1c(N)coc1C=O. The molecule has 3 nitrogen and oxygen atoms in total. The molecule has 2 N–H and O–H groups in total. The van der Waals surface area contributed by atoms with Crippen molar-refractivity contribution in [3.05, 3.63) is 17.6 Å². The lowest BCUT2D eigenvalue weighted by Gasteiger charge is -1.83. The number of carbonyl (C=O) groups is 1. The topological polar surface area (TPSA) is 56.2 Å². The van der Waals surface area contributed by atoms with Gasteiger partial charge in [0.1, 0.15) is 6.26 Å². The van der Waals surface area contributed by atoms with E-state index in [2.05, 4.69) is 0 Å². The van der Waals surface area contributed by atoms with Crippen molar-refractivity contribution in [3.63, 3.8) is 0 Å². The zero-order valence-corrected chi connectivity index (χ0v) is 5.05. The predicted octanol–water partition coefficient (Wildman–Crippen LogP) is 0.983. The Morgan fingerprint density at radius 3 is 2.67 bits per heavy atom. The van der Waals surface area contributed by atoms with Gasteiger partial charge in [-0.25, -0.2) is 0 Å². The van der Waals surface area contributed by atoms with Crippen LogP contribution in [0.1, 0.15) is 16.1 Å². The van der Waals surface area contributed by atoms with Crippen molar-refractivity contribution in [2.45, 2.75) is 6.92 Å². The molecule has 9 heavy (non-hydrogen) atoms. The zero-order chi connectivity index (χ0) is 6.85. The molecule has 0 aromatic carbocycles. The number of rotatable bonds is 1. The number of hydrogen-bond donors (Lipinski definition) is 1. The van der Waals surface area contributed by atoms with E-state index < -0.39 is 0 Å². The fraction of sp³-hybridized carbons (Fsp3) is 0.167. The summed E-state index contributed by atoms with van der Waals surface area (Å²) >= 11 is 0. The first-order valence-corrected chi connectivity index (χ1v) is 2.54. The van der Waals surface area contributed by atoms with Crippen LogP contribution in [0, 0.1) is 6.92 Å². The Morgan fingerprint density at radius 2 is 2.44 bits per heavy atom. The lowest BCUT2D eigenvalue weighted by Crippen LogP contribution is -1.85. The molecule has 0 bridgehead atoms. The molecule has 0 radical (unpaired) electrons. The highest BCUT2D eigenvalue weighted by molar-refractivity contribution is 5.76. The van der Waals surface area contributed by atoms with Crippen LogP contribution in [0.4, 0.5) is 5.69 Å². The van der Waals surface area contributed by atoms with Gasteiger partial charge in [-0.05, 0) is 6.92 Å². The molecule has 48 valence electrons. The van der Waals surface area contributed by atoms with Gasteiger partial charge in [0.15, 0.2) is 12.0 Å². The summed E-state index contributed by atoms with van der Waals surface area (Å²) in [7, 11) is 0. The summed E-state index contributed by atoms with van der Waals surface area (Å²) in [5.41, 5.74) is 6.60. The summed E-state index contributed by atoms with van der Waals surface area (Å²) in [5.74, 6) is 0.313. The second-order valence-corrected chi connectivity index (χ2v) is 1.80. The molecule has 1 aromatic rings. The van der Waals surface area contributed by atoms with E-state index >= 15 is 0 Å². The van der Waals surface area contributed by atoms with Gasteiger partial charge in [-0.15, -0.1) is 0 Å². The van der Waals surface area contributed by atoms with Crippen LogP contribution in [-0.2, 0) is 0 Å². The van der Waals surface area contributed by atoms with Gasteiger partial charge in [-0.1, -0.05) is 0 Å². The average molecular weight is 125 g/mol. The summed E-state index contributed by atoms with van der Waals surface area (Å²) in [4.78, 5) is 10.1. The minimum Gasteiger partial charge on any atom is -0.459 e. The molecular weight excluding hydrogens is 118 g/mol. The third-order valence-corrected chi connectivity index (χ3v) is 1.22. The Hall–Kier alpha value is -1.25. The minimum atomic E-state index is 0.313. The molecule has 0 amide bonds. The van der Waals surface area contributed by atoms with Gasteiger partial charge in [0, 0.05) is 5.56 Å². The minimum absolute atomic E-state index is 0.313. The number of furan rings is 1. The summed E-state index contributed by atoms with van der Waals surface area (Å²) in [6.07, 6.45) is 2.00.